The van der Waals surface area contributed by atoms with Gasteiger partial charge in [0.2, 0.25) is 23.6 Å². The SMILES string of the molecule is CCCCCCCCC/C=C/C=C/C(=O)N[C@H](C(=O)N[C@H]1C[C@@H](O)CCNC(=O)/C=C\[C@H](C)NC1=O)[C@@H](C)O. The van der Waals surface area contributed by atoms with E-state index >= 15 is 0 Å². The lowest BCUT2D eigenvalue weighted by molar-refractivity contribution is -0.134. The first-order valence-electron chi connectivity index (χ1n) is 14.2. The van der Waals surface area contributed by atoms with E-state index in [1.165, 1.54) is 63.7 Å². The first kappa shape index (κ1) is 34.0. The summed E-state index contributed by atoms with van der Waals surface area (Å²) in [4.78, 5) is 49.8. The number of aliphatic hydroxyl groups is 2. The Morgan fingerprint density at radius 2 is 1.82 bits per heavy atom. The number of nitrogens with one attached hydrogen (secondary N) is 4. The van der Waals surface area contributed by atoms with Gasteiger partial charge in [0.1, 0.15) is 12.1 Å². The van der Waals surface area contributed by atoms with Crippen molar-refractivity contribution >= 4 is 23.6 Å². The summed E-state index contributed by atoms with van der Waals surface area (Å²) in [5.41, 5.74) is 0. The molecule has 0 aliphatic carbocycles. The van der Waals surface area contributed by atoms with E-state index < -0.39 is 48.1 Å². The predicted molar refractivity (Wildman–Crippen MR) is 151 cm³/mol. The number of amides is 4. The molecule has 0 saturated carbocycles. The molecule has 0 bridgehead atoms. The zero-order chi connectivity index (χ0) is 29.0. The maximum absolute atomic E-state index is 12.9. The summed E-state index contributed by atoms with van der Waals surface area (Å²) in [5.74, 6) is -2.20. The molecule has 0 unspecified atom stereocenters. The molecule has 6 N–H and O–H groups in total. The molecule has 4 amide bonds. The highest BCUT2D eigenvalue weighted by atomic mass is 16.3. The van der Waals surface area contributed by atoms with Crippen molar-refractivity contribution in [3.8, 4) is 0 Å². The van der Waals surface area contributed by atoms with E-state index in [0.29, 0.717) is 0 Å². The fourth-order valence-corrected chi connectivity index (χ4v) is 4.05. The number of unbranched alkanes of at least 4 members (excludes halogenated alkanes) is 7. The van der Waals surface area contributed by atoms with Crippen molar-refractivity contribution in [3.05, 3.63) is 36.5 Å². The molecule has 1 aliphatic rings. The lowest BCUT2D eigenvalue weighted by Gasteiger charge is -2.26. The maximum Gasteiger partial charge on any atom is 0.245 e. The quantitative estimate of drug-likeness (QED) is 0.111. The molecular weight excluding hydrogens is 500 g/mol. The third-order valence-corrected chi connectivity index (χ3v) is 6.36. The van der Waals surface area contributed by atoms with Crippen LogP contribution in [0.1, 0.15) is 85.0 Å². The molecule has 39 heavy (non-hydrogen) atoms. The first-order chi connectivity index (χ1) is 18.6. The van der Waals surface area contributed by atoms with E-state index in [9.17, 15) is 29.4 Å². The van der Waals surface area contributed by atoms with Crippen LogP contribution in [-0.2, 0) is 19.2 Å². The number of hydrogen-bond donors (Lipinski definition) is 6. The Hall–Kier alpha value is -2.98. The summed E-state index contributed by atoms with van der Waals surface area (Å²) in [6, 6.07) is -2.92. The van der Waals surface area contributed by atoms with Gasteiger partial charge in [0.25, 0.3) is 0 Å². The largest absolute Gasteiger partial charge is 0.393 e. The van der Waals surface area contributed by atoms with Crippen molar-refractivity contribution in [2.24, 2.45) is 0 Å². The summed E-state index contributed by atoms with van der Waals surface area (Å²) in [6.07, 6.45) is 16.9. The Morgan fingerprint density at radius 1 is 1.13 bits per heavy atom. The summed E-state index contributed by atoms with van der Waals surface area (Å²) in [5, 5.41) is 30.8. The van der Waals surface area contributed by atoms with Crippen molar-refractivity contribution in [1.29, 1.82) is 0 Å². The minimum atomic E-state index is -1.30. The molecule has 5 atom stereocenters. The number of hydrogen-bond acceptors (Lipinski definition) is 6. The van der Waals surface area contributed by atoms with Gasteiger partial charge in [-0.25, -0.2) is 0 Å². The Kier molecular flexibility index (Phi) is 17.5. The van der Waals surface area contributed by atoms with Crippen molar-refractivity contribution in [2.45, 2.75) is 115 Å². The molecule has 0 saturated heterocycles. The summed E-state index contributed by atoms with van der Waals surface area (Å²) < 4.78 is 0. The molecule has 0 spiro atoms. The molecule has 1 heterocycles. The normalized spacial score (nSPS) is 23.3. The van der Waals surface area contributed by atoms with Crippen LogP contribution in [0.3, 0.4) is 0 Å². The van der Waals surface area contributed by atoms with Crippen LogP contribution < -0.4 is 21.3 Å². The van der Waals surface area contributed by atoms with Crippen LogP contribution >= 0.6 is 0 Å². The number of aliphatic hydroxyl groups excluding tert-OH is 2. The van der Waals surface area contributed by atoms with Crippen molar-refractivity contribution in [1.82, 2.24) is 21.3 Å². The van der Waals surface area contributed by atoms with E-state index in [4.69, 9.17) is 0 Å². The van der Waals surface area contributed by atoms with Gasteiger partial charge in [0.15, 0.2) is 0 Å². The minimum absolute atomic E-state index is 0.103. The van der Waals surface area contributed by atoms with Gasteiger partial charge in [-0.05, 0) is 33.1 Å². The number of allylic oxidation sites excluding steroid dienone is 3. The smallest absolute Gasteiger partial charge is 0.245 e. The molecule has 0 aromatic heterocycles. The fourth-order valence-electron chi connectivity index (χ4n) is 4.05. The number of carbonyl (C=O) groups is 4. The number of rotatable bonds is 14. The molecule has 0 fully saturated rings. The Morgan fingerprint density at radius 3 is 2.51 bits per heavy atom. The summed E-state index contributed by atoms with van der Waals surface area (Å²) in [7, 11) is 0. The predicted octanol–water partition coefficient (Wildman–Crippen LogP) is 1.92. The highest BCUT2D eigenvalue weighted by Crippen LogP contribution is 2.09. The van der Waals surface area contributed by atoms with E-state index in [1.54, 1.807) is 19.1 Å². The molecule has 10 nitrogen and oxygen atoms in total. The van der Waals surface area contributed by atoms with Gasteiger partial charge >= 0.3 is 0 Å². The number of carbonyl (C=O) groups excluding carboxylic acids is 4. The molecule has 1 aliphatic heterocycles. The second-order valence-electron chi connectivity index (χ2n) is 10.1. The van der Waals surface area contributed by atoms with Gasteiger partial charge < -0.3 is 31.5 Å². The maximum atomic E-state index is 12.9. The van der Waals surface area contributed by atoms with Gasteiger partial charge in [-0.1, -0.05) is 69.8 Å². The molecule has 0 radical (unpaired) electrons. The van der Waals surface area contributed by atoms with Gasteiger partial charge in [-0.2, -0.15) is 0 Å². The van der Waals surface area contributed by atoms with Crippen LogP contribution in [0.4, 0.5) is 0 Å². The van der Waals surface area contributed by atoms with Crippen LogP contribution in [0.5, 0.6) is 0 Å². The average Bonchev–Trinajstić information content (AvgIpc) is 2.88. The summed E-state index contributed by atoms with van der Waals surface area (Å²) in [6.45, 7) is 5.43. The highest BCUT2D eigenvalue weighted by molar-refractivity contribution is 5.95. The lowest BCUT2D eigenvalue weighted by atomic mass is 10.0. The lowest BCUT2D eigenvalue weighted by Crippen LogP contribution is -2.58. The Bertz CT molecular complexity index is 855. The second-order valence-corrected chi connectivity index (χ2v) is 10.1. The van der Waals surface area contributed by atoms with Crippen LogP contribution in [0.2, 0.25) is 0 Å². The highest BCUT2D eigenvalue weighted by Gasteiger charge is 2.31. The molecule has 1 rings (SSSR count). The fraction of sp³-hybridized carbons (Fsp3) is 0.655. The Labute approximate surface area is 232 Å². The topological polar surface area (TPSA) is 157 Å². The standard InChI is InChI=1S/C29H48N4O6/c1-4-5-6-7-8-9-10-11-12-13-14-15-26(37)33-27(22(3)34)29(39)32-24-20-23(35)18-19-30-25(36)17-16-21(2)31-28(24)38/h12-17,21-24,27,34-35H,4-11,18-20H2,1-3H3,(H,30,36)(H,31,38)(H,32,39)(H,33,37)/b13-12+,15-14+,17-16-/t21-,22+,23-,24-,27-/m0/s1. The van der Waals surface area contributed by atoms with E-state index in [0.717, 1.165) is 12.8 Å². The summed E-state index contributed by atoms with van der Waals surface area (Å²) >= 11 is 0. The molecular formula is C29H48N4O6. The zero-order valence-electron chi connectivity index (χ0n) is 23.7. The van der Waals surface area contributed by atoms with E-state index in [-0.39, 0.29) is 25.3 Å². The van der Waals surface area contributed by atoms with Gasteiger partial charge in [0, 0.05) is 31.2 Å². The van der Waals surface area contributed by atoms with Crippen LogP contribution in [-0.4, -0.2) is 70.7 Å². The van der Waals surface area contributed by atoms with Gasteiger partial charge in [-0.3, -0.25) is 19.2 Å². The molecule has 0 aromatic carbocycles. The third kappa shape index (κ3) is 15.9. The van der Waals surface area contributed by atoms with Gasteiger partial charge in [0.05, 0.1) is 12.2 Å². The zero-order valence-corrected chi connectivity index (χ0v) is 23.7. The van der Waals surface area contributed by atoms with Crippen LogP contribution in [0.25, 0.3) is 0 Å². The Balaban J connectivity index is 2.64. The monoisotopic (exact) mass is 548 g/mol. The van der Waals surface area contributed by atoms with Crippen molar-refractivity contribution < 1.29 is 29.4 Å². The first-order valence-corrected chi connectivity index (χ1v) is 14.2. The van der Waals surface area contributed by atoms with E-state index in [2.05, 4.69) is 28.2 Å². The van der Waals surface area contributed by atoms with Gasteiger partial charge in [-0.15, -0.1) is 0 Å². The second kappa shape index (κ2) is 20.0. The third-order valence-electron chi connectivity index (χ3n) is 6.36. The average molecular weight is 549 g/mol. The van der Waals surface area contributed by atoms with Crippen molar-refractivity contribution in [3.63, 3.8) is 0 Å². The van der Waals surface area contributed by atoms with Crippen molar-refractivity contribution in [2.75, 3.05) is 6.54 Å². The minimum Gasteiger partial charge on any atom is -0.393 e. The molecule has 10 heteroatoms. The molecule has 220 valence electrons. The van der Waals surface area contributed by atoms with E-state index in [1.807, 2.05) is 6.08 Å². The van der Waals surface area contributed by atoms with Crippen LogP contribution in [0, 0.1) is 0 Å². The molecule has 0 aromatic rings. The van der Waals surface area contributed by atoms with Crippen LogP contribution in [0.15, 0.2) is 36.5 Å².